The van der Waals surface area contributed by atoms with Crippen LogP contribution in [0.1, 0.15) is 32.9 Å². The molecule has 0 aromatic carbocycles. The molecule has 0 fully saturated rings. The van der Waals surface area contributed by atoms with E-state index in [2.05, 4.69) is 21.7 Å². The fourth-order valence-corrected chi connectivity index (χ4v) is 3.66. The van der Waals surface area contributed by atoms with Gasteiger partial charge in [0.2, 0.25) is 0 Å². The van der Waals surface area contributed by atoms with Crippen LogP contribution in [-0.2, 0) is 19.4 Å². The van der Waals surface area contributed by atoms with E-state index in [4.69, 9.17) is 5.73 Å². The van der Waals surface area contributed by atoms with Crippen LogP contribution in [0, 0.1) is 11.3 Å². The van der Waals surface area contributed by atoms with E-state index in [9.17, 15) is 10.1 Å². The zero-order valence-electron chi connectivity index (χ0n) is 11.3. The molecule has 1 amide bonds. The molecule has 0 saturated carbocycles. The van der Waals surface area contributed by atoms with E-state index in [1.807, 2.05) is 0 Å². The summed E-state index contributed by atoms with van der Waals surface area (Å²) in [6.45, 7) is 0.942. The highest BCUT2D eigenvalue weighted by molar-refractivity contribution is 7.16. The molecule has 3 N–H and O–H groups in total. The highest BCUT2D eigenvalue weighted by Gasteiger charge is 2.23. The summed E-state index contributed by atoms with van der Waals surface area (Å²) in [5, 5.41) is 20.3. The number of aromatic nitrogens is 3. The molecule has 0 radical (unpaired) electrons. The van der Waals surface area contributed by atoms with Gasteiger partial charge in [0.05, 0.1) is 18.3 Å². The Morgan fingerprint density at radius 2 is 2.43 bits per heavy atom. The van der Waals surface area contributed by atoms with Crippen molar-refractivity contribution < 1.29 is 4.79 Å². The molecule has 0 spiro atoms. The molecule has 1 aliphatic carbocycles. The lowest BCUT2D eigenvalue weighted by Gasteiger charge is -2.01. The number of aryl methyl sites for hydroxylation is 1. The van der Waals surface area contributed by atoms with E-state index < -0.39 is 0 Å². The summed E-state index contributed by atoms with van der Waals surface area (Å²) < 4.78 is 1.52. The number of nitrogens with zero attached hydrogens (tertiary/aromatic N) is 4. The standard InChI is InChI=1S/C13H14N6OS/c14-4-5-19-7-10(17-18-19)12(20)16-13-9(6-15)8-2-1-3-11(8)21-13/h7H,1-5,14H2,(H,16,20). The number of nitrogens with one attached hydrogen (secondary N) is 1. The Bertz CT molecular complexity index is 726. The smallest absolute Gasteiger partial charge is 0.278 e. The fourth-order valence-electron chi connectivity index (χ4n) is 2.42. The molecule has 0 unspecified atom stereocenters. The first-order valence-corrected chi connectivity index (χ1v) is 7.50. The second-order valence-corrected chi connectivity index (χ2v) is 5.89. The molecule has 2 aromatic rings. The van der Waals surface area contributed by atoms with Gasteiger partial charge < -0.3 is 11.1 Å². The third-order valence-corrected chi connectivity index (χ3v) is 4.60. The maximum atomic E-state index is 12.2. The summed E-state index contributed by atoms with van der Waals surface area (Å²) in [5.74, 6) is -0.352. The van der Waals surface area contributed by atoms with Crippen LogP contribution in [0.2, 0.25) is 0 Å². The largest absolute Gasteiger partial charge is 0.329 e. The summed E-state index contributed by atoms with van der Waals surface area (Å²) in [7, 11) is 0. The van der Waals surface area contributed by atoms with Gasteiger partial charge in [0.15, 0.2) is 5.69 Å². The third kappa shape index (κ3) is 2.53. The Kier molecular flexibility index (Phi) is 3.68. The second kappa shape index (κ2) is 5.63. The predicted molar refractivity (Wildman–Crippen MR) is 78.1 cm³/mol. The molecule has 3 rings (SSSR count). The molecular formula is C13H14N6OS. The van der Waals surface area contributed by atoms with Crippen LogP contribution in [0.5, 0.6) is 0 Å². The van der Waals surface area contributed by atoms with Gasteiger partial charge in [-0.25, -0.2) is 0 Å². The molecule has 7 nitrogen and oxygen atoms in total. The van der Waals surface area contributed by atoms with Crippen molar-refractivity contribution in [3.63, 3.8) is 0 Å². The van der Waals surface area contributed by atoms with Gasteiger partial charge in [-0.3, -0.25) is 9.48 Å². The van der Waals surface area contributed by atoms with E-state index in [1.165, 1.54) is 20.9 Å². The number of rotatable bonds is 4. The molecule has 8 heteroatoms. The summed E-state index contributed by atoms with van der Waals surface area (Å²) >= 11 is 1.48. The van der Waals surface area contributed by atoms with Crippen LogP contribution in [0.25, 0.3) is 0 Å². The Labute approximate surface area is 125 Å². The number of fused-ring (bicyclic) bond motifs is 1. The van der Waals surface area contributed by atoms with Crippen molar-refractivity contribution in [2.24, 2.45) is 5.73 Å². The van der Waals surface area contributed by atoms with Crippen LogP contribution in [0.15, 0.2) is 6.20 Å². The molecule has 108 valence electrons. The molecule has 0 aliphatic heterocycles. The van der Waals surface area contributed by atoms with E-state index in [0.29, 0.717) is 23.7 Å². The van der Waals surface area contributed by atoms with Gasteiger partial charge >= 0.3 is 0 Å². The molecule has 2 aromatic heterocycles. The first-order valence-electron chi connectivity index (χ1n) is 6.69. The Balaban J connectivity index is 1.80. The summed E-state index contributed by atoms with van der Waals surface area (Å²) in [6.07, 6.45) is 4.53. The average molecular weight is 302 g/mol. The number of anilines is 1. The van der Waals surface area contributed by atoms with Gasteiger partial charge in [0, 0.05) is 11.4 Å². The van der Waals surface area contributed by atoms with Gasteiger partial charge in [-0.05, 0) is 24.8 Å². The summed E-state index contributed by atoms with van der Waals surface area (Å²) in [4.78, 5) is 13.4. The Hall–Kier alpha value is -2.24. The second-order valence-electron chi connectivity index (χ2n) is 4.78. The van der Waals surface area contributed by atoms with Crippen molar-refractivity contribution in [1.82, 2.24) is 15.0 Å². The van der Waals surface area contributed by atoms with Crippen LogP contribution in [0.3, 0.4) is 0 Å². The van der Waals surface area contributed by atoms with Gasteiger partial charge in [0.1, 0.15) is 11.1 Å². The van der Waals surface area contributed by atoms with Crippen molar-refractivity contribution >= 4 is 22.2 Å². The van der Waals surface area contributed by atoms with Crippen molar-refractivity contribution in [2.45, 2.75) is 25.8 Å². The lowest BCUT2D eigenvalue weighted by atomic mass is 10.1. The molecular weight excluding hydrogens is 288 g/mol. The number of nitriles is 1. The minimum Gasteiger partial charge on any atom is -0.329 e. The number of thiophene rings is 1. The molecule has 21 heavy (non-hydrogen) atoms. The zero-order valence-corrected chi connectivity index (χ0v) is 12.1. The monoisotopic (exact) mass is 302 g/mol. The van der Waals surface area contributed by atoms with E-state index in [0.717, 1.165) is 24.8 Å². The van der Waals surface area contributed by atoms with E-state index in [-0.39, 0.29) is 11.6 Å². The van der Waals surface area contributed by atoms with Gasteiger partial charge in [0.25, 0.3) is 5.91 Å². The van der Waals surface area contributed by atoms with Crippen LogP contribution in [0.4, 0.5) is 5.00 Å². The SMILES string of the molecule is N#Cc1c(NC(=O)c2cn(CCN)nn2)sc2c1CCC2. The van der Waals surface area contributed by atoms with E-state index >= 15 is 0 Å². The van der Waals surface area contributed by atoms with Crippen molar-refractivity contribution in [2.75, 3.05) is 11.9 Å². The first kappa shape index (κ1) is 13.7. The minimum atomic E-state index is -0.352. The number of carbonyl (C=O) groups is 1. The number of nitrogens with two attached hydrogens (primary N) is 1. The van der Waals surface area contributed by atoms with E-state index in [1.54, 1.807) is 6.20 Å². The summed E-state index contributed by atoms with van der Waals surface area (Å²) in [5.41, 5.74) is 7.33. The number of amides is 1. The van der Waals surface area contributed by atoms with Gasteiger partial charge in [-0.15, -0.1) is 16.4 Å². The highest BCUT2D eigenvalue weighted by atomic mass is 32.1. The highest BCUT2D eigenvalue weighted by Crippen LogP contribution is 2.38. The minimum absolute atomic E-state index is 0.223. The molecule has 2 heterocycles. The van der Waals surface area contributed by atoms with Crippen molar-refractivity contribution in [3.8, 4) is 6.07 Å². The maximum Gasteiger partial charge on any atom is 0.278 e. The lowest BCUT2D eigenvalue weighted by molar-refractivity contribution is 0.102. The molecule has 1 aliphatic rings. The third-order valence-electron chi connectivity index (χ3n) is 3.39. The average Bonchev–Trinajstić information content (AvgIpc) is 3.14. The quantitative estimate of drug-likeness (QED) is 0.872. The molecule has 0 bridgehead atoms. The topological polar surface area (TPSA) is 110 Å². The number of hydrogen-bond acceptors (Lipinski definition) is 6. The fraction of sp³-hybridized carbons (Fsp3) is 0.385. The zero-order chi connectivity index (χ0) is 14.8. The van der Waals surface area contributed by atoms with Crippen molar-refractivity contribution in [1.29, 1.82) is 5.26 Å². The number of carbonyl (C=O) groups excluding carboxylic acids is 1. The predicted octanol–water partition coefficient (Wildman–Crippen LogP) is 0.911. The Morgan fingerprint density at radius 1 is 1.57 bits per heavy atom. The molecule has 0 saturated heterocycles. The van der Waals surface area contributed by atoms with Gasteiger partial charge in [-0.2, -0.15) is 5.26 Å². The van der Waals surface area contributed by atoms with Gasteiger partial charge in [-0.1, -0.05) is 5.21 Å². The first-order chi connectivity index (χ1) is 10.2. The van der Waals surface area contributed by atoms with Crippen LogP contribution < -0.4 is 11.1 Å². The Morgan fingerprint density at radius 3 is 3.19 bits per heavy atom. The maximum absolute atomic E-state index is 12.2. The van der Waals surface area contributed by atoms with Crippen LogP contribution in [-0.4, -0.2) is 27.4 Å². The van der Waals surface area contributed by atoms with Crippen molar-refractivity contribution in [3.05, 3.63) is 27.9 Å². The normalized spacial score (nSPS) is 13.0. The van der Waals surface area contributed by atoms with Crippen LogP contribution >= 0.6 is 11.3 Å². The number of hydrogen-bond donors (Lipinski definition) is 2. The summed E-state index contributed by atoms with van der Waals surface area (Å²) in [6, 6.07) is 2.20. The lowest BCUT2D eigenvalue weighted by Crippen LogP contribution is -2.13. The molecule has 0 atom stereocenters.